The van der Waals surface area contributed by atoms with Crippen molar-refractivity contribution in [3.8, 4) is 10.7 Å². The van der Waals surface area contributed by atoms with Crippen molar-refractivity contribution in [3.05, 3.63) is 50.0 Å². The number of hydrogen-bond acceptors (Lipinski definition) is 6. The van der Waals surface area contributed by atoms with E-state index < -0.39 is 5.97 Å². The molecule has 3 rings (SSSR count). The number of aromatic nitrogens is 4. The minimum absolute atomic E-state index is 0.319. The van der Waals surface area contributed by atoms with Gasteiger partial charge in [-0.2, -0.15) is 0 Å². The molecule has 10 heteroatoms. The highest BCUT2D eigenvalue weighted by Crippen LogP contribution is 2.31. The maximum atomic E-state index is 11.5. The lowest BCUT2D eigenvalue weighted by molar-refractivity contribution is 0.0606. The first kappa shape index (κ1) is 17.2. The van der Waals surface area contributed by atoms with Crippen LogP contribution in [0.1, 0.15) is 15.2 Å². The maximum absolute atomic E-state index is 11.5. The number of esters is 1. The smallest absolute Gasteiger partial charge is 0.349 e. The van der Waals surface area contributed by atoms with Crippen LogP contribution in [0.15, 0.2) is 24.5 Å². The number of carbonyl (C=O) groups excluding carboxylic acids is 1. The Morgan fingerprint density at radius 3 is 2.67 bits per heavy atom. The lowest BCUT2D eigenvalue weighted by Crippen LogP contribution is -2.00. The fraction of sp³-hybridized carbons (Fsp3) is 0.143. The number of halogens is 3. The molecule has 6 nitrogen and oxygen atoms in total. The van der Waals surface area contributed by atoms with Crippen molar-refractivity contribution >= 4 is 52.1 Å². The highest BCUT2D eigenvalue weighted by atomic mass is 35.5. The molecule has 0 radical (unpaired) electrons. The summed E-state index contributed by atoms with van der Waals surface area (Å²) in [5.41, 5.74) is 1.39. The van der Waals surface area contributed by atoms with Crippen LogP contribution in [0.5, 0.6) is 0 Å². The number of methoxy groups -OCH3 is 1. The Hall–Kier alpha value is -1.67. The third kappa shape index (κ3) is 3.54. The average molecular weight is 404 g/mol. The summed E-state index contributed by atoms with van der Waals surface area (Å²) in [6, 6.07) is 3.44. The first-order chi connectivity index (χ1) is 11.5. The summed E-state index contributed by atoms with van der Waals surface area (Å²) in [4.78, 5) is 16.0. The summed E-state index contributed by atoms with van der Waals surface area (Å²) in [7, 11) is 1.32. The summed E-state index contributed by atoms with van der Waals surface area (Å²) in [6.07, 6.45) is 3.17. The summed E-state index contributed by atoms with van der Waals surface area (Å²) >= 11 is 19.2. The average Bonchev–Trinajstić information content (AvgIpc) is 3.20. The quantitative estimate of drug-likeness (QED) is 0.482. The third-order valence-corrected chi connectivity index (χ3v) is 5.23. The molecule has 2 aromatic heterocycles. The van der Waals surface area contributed by atoms with Crippen molar-refractivity contribution in [2.75, 3.05) is 7.11 Å². The number of hydrogen-bond donors (Lipinski definition) is 0. The van der Waals surface area contributed by atoms with Gasteiger partial charge in [-0.3, -0.25) is 0 Å². The molecule has 0 aliphatic rings. The molecule has 0 atom stereocenters. The number of carbonyl (C=O) groups is 1. The lowest BCUT2D eigenvalue weighted by atomic mass is 10.2. The Morgan fingerprint density at radius 2 is 2.00 bits per heavy atom. The van der Waals surface area contributed by atoms with Gasteiger partial charge in [0, 0.05) is 0 Å². The molecule has 0 unspecified atom stereocenters. The number of nitrogens with zero attached hydrogens (tertiary/aromatic N) is 4. The normalized spacial score (nSPS) is 10.8. The fourth-order valence-corrected chi connectivity index (χ4v) is 3.37. The molecule has 0 saturated heterocycles. The molecule has 1 aromatic carbocycles. The zero-order valence-electron chi connectivity index (χ0n) is 12.2. The Kier molecular flexibility index (Phi) is 5.05. The van der Waals surface area contributed by atoms with E-state index in [1.54, 1.807) is 23.0 Å². The second kappa shape index (κ2) is 7.06. The molecule has 0 fully saturated rings. The number of ether oxygens (including phenoxy) is 1. The largest absolute Gasteiger partial charge is 0.465 e. The van der Waals surface area contributed by atoms with Gasteiger partial charge in [0.15, 0.2) is 0 Å². The lowest BCUT2D eigenvalue weighted by Gasteiger charge is -2.05. The summed E-state index contributed by atoms with van der Waals surface area (Å²) < 4.78 is 6.27. The van der Waals surface area contributed by atoms with Gasteiger partial charge in [-0.05, 0) is 17.7 Å². The van der Waals surface area contributed by atoms with Crippen molar-refractivity contribution < 1.29 is 9.53 Å². The number of thiazole rings is 1. The van der Waals surface area contributed by atoms with Crippen LogP contribution < -0.4 is 0 Å². The molecule has 0 aliphatic carbocycles. The van der Waals surface area contributed by atoms with Crippen molar-refractivity contribution in [2.24, 2.45) is 0 Å². The van der Waals surface area contributed by atoms with Gasteiger partial charge in [0.1, 0.15) is 15.6 Å². The highest BCUT2D eigenvalue weighted by Gasteiger charge is 2.14. The van der Waals surface area contributed by atoms with Gasteiger partial charge >= 0.3 is 5.97 Å². The molecule has 2 heterocycles. The van der Waals surface area contributed by atoms with Crippen molar-refractivity contribution in [1.82, 2.24) is 20.0 Å². The van der Waals surface area contributed by atoms with E-state index >= 15 is 0 Å². The highest BCUT2D eigenvalue weighted by molar-refractivity contribution is 7.16. The fourth-order valence-electron chi connectivity index (χ4n) is 1.95. The van der Waals surface area contributed by atoms with Gasteiger partial charge in [-0.15, -0.1) is 16.4 Å². The van der Waals surface area contributed by atoms with E-state index in [1.165, 1.54) is 24.6 Å². The Labute approximate surface area is 155 Å². The van der Waals surface area contributed by atoms with E-state index in [2.05, 4.69) is 20.0 Å². The second-order valence-electron chi connectivity index (χ2n) is 4.70. The molecule has 0 bridgehead atoms. The molecule has 24 heavy (non-hydrogen) atoms. The Morgan fingerprint density at radius 1 is 1.29 bits per heavy atom. The van der Waals surface area contributed by atoms with Crippen LogP contribution in [0.2, 0.25) is 15.1 Å². The van der Waals surface area contributed by atoms with Gasteiger partial charge < -0.3 is 4.74 Å². The monoisotopic (exact) mass is 402 g/mol. The molecular weight excluding hydrogens is 395 g/mol. The topological polar surface area (TPSA) is 69.9 Å². The predicted octanol–water partition coefficient (Wildman–Crippen LogP) is 4.20. The molecule has 0 amide bonds. The van der Waals surface area contributed by atoms with Gasteiger partial charge in [0.05, 0.1) is 41.1 Å². The molecule has 0 saturated carbocycles. The van der Waals surface area contributed by atoms with E-state index in [0.717, 1.165) is 5.56 Å². The molecule has 0 spiro atoms. The van der Waals surface area contributed by atoms with E-state index in [9.17, 15) is 4.79 Å². The van der Waals surface area contributed by atoms with Gasteiger partial charge in [0.25, 0.3) is 0 Å². The summed E-state index contributed by atoms with van der Waals surface area (Å²) in [5.74, 6) is -0.434. The number of benzene rings is 1. The van der Waals surface area contributed by atoms with E-state index in [1.807, 2.05) is 0 Å². The minimum atomic E-state index is -0.434. The Bertz CT molecular complexity index is 886. The van der Waals surface area contributed by atoms with Gasteiger partial charge in [-0.25, -0.2) is 14.5 Å². The van der Waals surface area contributed by atoms with Crippen LogP contribution in [0.4, 0.5) is 0 Å². The molecule has 0 aliphatic heterocycles. The summed E-state index contributed by atoms with van der Waals surface area (Å²) in [5, 5.41) is 9.75. The molecular formula is C14H9Cl3N4O2S. The molecule has 0 N–H and O–H groups in total. The third-order valence-electron chi connectivity index (χ3n) is 3.04. The maximum Gasteiger partial charge on any atom is 0.349 e. The van der Waals surface area contributed by atoms with Crippen LogP contribution in [0.3, 0.4) is 0 Å². The van der Waals surface area contributed by atoms with Crippen LogP contribution in [0.25, 0.3) is 10.7 Å². The standard InChI is InChI=1S/C14H9Cl3N4O2S/c1-23-14(22)11-4-18-13(24-11)10-6-21(20-19-10)5-7-2-8(15)12(17)9(16)3-7/h2-4,6H,5H2,1H3. The van der Waals surface area contributed by atoms with E-state index in [-0.39, 0.29) is 0 Å². The first-order valence-electron chi connectivity index (χ1n) is 6.56. The van der Waals surface area contributed by atoms with Gasteiger partial charge in [-0.1, -0.05) is 40.0 Å². The predicted molar refractivity (Wildman–Crippen MR) is 93.0 cm³/mol. The molecule has 124 valence electrons. The van der Waals surface area contributed by atoms with Gasteiger partial charge in [0.2, 0.25) is 0 Å². The zero-order chi connectivity index (χ0) is 17.3. The van der Waals surface area contributed by atoms with Crippen molar-refractivity contribution in [3.63, 3.8) is 0 Å². The van der Waals surface area contributed by atoms with Crippen molar-refractivity contribution in [2.45, 2.75) is 6.54 Å². The van der Waals surface area contributed by atoms with E-state index in [4.69, 9.17) is 34.8 Å². The van der Waals surface area contributed by atoms with Crippen LogP contribution in [-0.4, -0.2) is 33.1 Å². The zero-order valence-corrected chi connectivity index (χ0v) is 15.2. The minimum Gasteiger partial charge on any atom is -0.465 e. The van der Waals surface area contributed by atoms with Crippen LogP contribution in [-0.2, 0) is 11.3 Å². The van der Waals surface area contributed by atoms with Crippen LogP contribution >= 0.6 is 46.1 Å². The summed E-state index contributed by atoms with van der Waals surface area (Å²) in [6.45, 7) is 0.416. The second-order valence-corrected chi connectivity index (χ2v) is 6.92. The van der Waals surface area contributed by atoms with E-state index in [0.29, 0.717) is 37.2 Å². The Balaban J connectivity index is 1.81. The van der Waals surface area contributed by atoms with Crippen molar-refractivity contribution in [1.29, 1.82) is 0 Å². The van der Waals surface area contributed by atoms with Crippen LogP contribution in [0, 0.1) is 0 Å². The number of rotatable bonds is 4. The molecule has 3 aromatic rings. The SMILES string of the molecule is COC(=O)c1cnc(-c2cn(Cc3cc(Cl)c(Cl)c(Cl)c3)nn2)s1. The first-order valence-corrected chi connectivity index (χ1v) is 8.51.